The number of fused-ring (bicyclic) bond motifs is 1. The minimum Gasteiger partial charge on any atom is -0.447 e. The molecule has 0 aliphatic carbocycles. The van der Waals surface area contributed by atoms with Crippen molar-refractivity contribution in [3.8, 4) is 0 Å². The third-order valence-corrected chi connectivity index (χ3v) is 7.22. The first-order valence-electron chi connectivity index (χ1n) is 11.9. The van der Waals surface area contributed by atoms with Crippen LogP contribution in [-0.4, -0.2) is 66.1 Å². The molecule has 2 aromatic carbocycles. The van der Waals surface area contributed by atoms with Crippen LogP contribution in [0, 0.1) is 11.3 Å². The van der Waals surface area contributed by atoms with Gasteiger partial charge < -0.3 is 20.1 Å². The monoisotopic (exact) mass is 479 g/mol. The zero-order chi connectivity index (χ0) is 25.1. The van der Waals surface area contributed by atoms with E-state index >= 15 is 0 Å². The molecule has 8 nitrogen and oxygen atoms in total. The number of hydrogen-bond acceptors (Lipinski definition) is 5. The number of nitrogens with two attached hydrogens (primary N) is 1. The molecule has 3 amide bonds. The van der Waals surface area contributed by atoms with E-state index in [1.807, 2.05) is 60.7 Å². The summed E-state index contributed by atoms with van der Waals surface area (Å²) in [7, 11) is 0. The molecule has 2 aromatic rings. The number of carbonyl (C=O) groups excluding carboxylic acids is 3. The van der Waals surface area contributed by atoms with Crippen LogP contribution in [0.2, 0.25) is 0 Å². The number of piperazine rings is 1. The fourth-order valence-corrected chi connectivity index (χ4v) is 4.88. The minimum absolute atomic E-state index is 0.0605. The summed E-state index contributed by atoms with van der Waals surface area (Å²) in [6.07, 6.45) is 0.214. The minimum atomic E-state index is -1.11. The van der Waals surface area contributed by atoms with Crippen LogP contribution in [-0.2, 0) is 32.1 Å². The normalized spacial score (nSPS) is 20.8. The topological polar surface area (TPSA) is 102 Å². The van der Waals surface area contributed by atoms with Gasteiger partial charge in [0.15, 0.2) is 0 Å². The lowest BCUT2D eigenvalue weighted by Crippen LogP contribution is -2.65. The summed E-state index contributed by atoms with van der Waals surface area (Å²) in [5.41, 5.74) is 5.99. The van der Waals surface area contributed by atoms with E-state index in [1.165, 1.54) is 0 Å². The SMILES string of the molecule is CC(C)(C(N)=O)C(COCc1ccccc1)C(=O)N1CCN2C(=O)OCC2(Cc2ccccc2)C1. The largest absolute Gasteiger partial charge is 0.447 e. The second-order valence-electron chi connectivity index (χ2n) is 9.99. The smallest absolute Gasteiger partial charge is 0.410 e. The van der Waals surface area contributed by atoms with Crippen LogP contribution >= 0.6 is 0 Å². The van der Waals surface area contributed by atoms with Crippen molar-refractivity contribution < 1.29 is 23.9 Å². The first-order chi connectivity index (χ1) is 16.7. The Bertz CT molecular complexity index is 1060. The number of ether oxygens (including phenoxy) is 2. The van der Waals surface area contributed by atoms with Crippen LogP contribution in [0.4, 0.5) is 4.79 Å². The van der Waals surface area contributed by atoms with Gasteiger partial charge in [0, 0.05) is 26.1 Å². The highest BCUT2D eigenvalue weighted by Crippen LogP contribution is 2.35. The zero-order valence-electron chi connectivity index (χ0n) is 20.3. The third kappa shape index (κ3) is 5.17. The molecule has 186 valence electrons. The van der Waals surface area contributed by atoms with Gasteiger partial charge in [0.2, 0.25) is 11.8 Å². The fourth-order valence-electron chi connectivity index (χ4n) is 4.88. The van der Waals surface area contributed by atoms with E-state index in [4.69, 9.17) is 15.2 Å². The molecule has 2 saturated heterocycles. The van der Waals surface area contributed by atoms with Crippen LogP contribution in [0.25, 0.3) is 0 Å². The first-order valence-corrected chi connectivity index (χ1v) is 11.9. The molecule has 2 N–H and O–H groups in total. The average molecular weight is 480 g/mol. The van der Waals surface area contributed by atoms with Crippen molar-refractivity contribution >= 4 is 17.9 Å². The van der Waals surface area contributed by atoms with Gasteiger partial charge in [0.1, 0.15) is 12.1 Å². The summed E-state index contributed by atoms with van der Waals surface area (Å²) in [6, 6.07) is 19.5. The molecule has 4 rings (SSSR count). The number of primary amides is 1. The van der Waals surface area contributed by atoms with Gasteiger partial charge in [-0.25, -0.2) is 4.79 Å². The number of hydrogen-bond donors (Lipinski definition) is 1. The van der Waals surface area contributed by atoms with Gasteiger partial charge in [-0.15, -0.1) is 0 Å². The number of carbonyl (C=O) groups is 3. The summed E-state index contributed by atoms with van der Waals surface area (Å²) in [5.74, 6) is -1.52. The van der Waals surface area contributed by atoms with E-state index < -0.39 is 22.8 Å². The van der Waals surface area contributed by atoms with Crippen LogP contribution in [0.3, 0.4) is 0 Å². The fraction of sp³-hybridized carbons (Fsp3) is 0.444. The van der Waals surface area contributed by atoms with Crippen LogP contribution < -0.4 is 5.73 Å². The molecule has 2 atom stereocenters. The molecule has 8 heteroatoms. The molecule has 2 unspecified atom stereocenters. The molecule has 0 radical (unpaired) electrons. The van der Waals surface area contributed by atoms with Crippen molar-refractivity contribution in [1.29, 1.82) is 0 Å². The van der Waals surface area contributed by atoms with Gasteiger partial charge >= 0.3 is 6.09 Å². The molecule has 2 aliphatic heterocycles. The Morgan fingerprint density at radius 2 is 1.69 bits per heavy atom. The molecule has 0 saturated carbocycles. The zero-order valence-corrected chi connectivity index (χ0v) is 20.3. The Kier molecular flexibility index (Phi) is 7.12. The first kappa shape index (κ1) is 24.7. The van der Waals surface area contributed by atoms with E-state index in [9.17, 15) is 14.4 Å². The molecule has 0 aromatic heterocycles. The average Bonchev–Trinajstić information content (AvgIpc) is 3.17. The molecule has 2 aliphatic rings. The van der Waals surface area contributed by atoms with Crippen molar-refractivity contribution in [2.75, 3.05) is 32.8 Å². The summed E-state index contributed by atoms with van der Waals surface area (Å²) in [4.78, 5) is 42.1. The third-order valence-electron chi connectivity index (χ3n) is 7.22. The maximum absolute atomic E-state index is 13.9. The van der Waals surface area contributed by atoms with Crippen LogP contribution in [0.15, 0.2) is 60.7 Å². The molecule has 0 bridgehead atoms. The summed E-state index contributed by atoms with van der Waals surface area (Å²) >= 11 is 0. The second-order valence-corrected chi connectivity index (χ2v) is 9.99. The Balaban J connectivity index is 1.53. The van der Waals surface area contributed by atoms with Gasteiger partial charge in [0.05, 0.1) is 24.5 Å². The summed E-state index contributed by atoms with van der Waals surface area (Å²) in [6.45, 7) is 5.00. The Morgan fingerprint density at radius 3 is 2.31 bits per heavy atom. The van der Waals surface area contributed by atoms with Gasteiger partial charge in [-0.2, -0.15) is 0 Å². The molecular weight excluding hydrogens is 446 g/mol. The Labute approximate surface area is 206 Å². The highest BCUT2D eigenvalue weighted by atomic mass is 16.6. The highest BCUT2D eigenvalue weighted by Gasteiger charge is 2.53. The van der Waals surface area contributed by atoms with Gasteiger partial charge in [-0.1, -0.05) is 74.5 Å². The summed E-state index contributed by atoms with van der Waals surface area (Å²) in [5, 5.41) is 0. The molecule has 2 heterocycles. The number of rotatable bonds is 9. The quantitative estimate of drug-likeness (QED) is 0.596. The number of cyclic esters (lactones) is 1. The molecular formula is C27H33N3O5. The van der Waals surface area contributed by atoms with Gasteiger partial charge in [0.25, 0.3) is 0 Å². The van der Waals surface area contributed by atoms with Crippen molar-refractivity contribution in [1.82, 2.24) is 9.80 Å². The van der Waals surface area contributed by atoms with E-state index in [-0.39, 0.29) is 25.2 Å². The Hall–Kier alpha value is -3.39. The predicted octanol–water partition coefficient (Wildman–Crippen LogP) is 2.61. The van der Waals surface area contributed by atoms with Crippen molar-refractivity contribution in [3.63, 3.8) is 0 Å². The van der Waals surface area contributed by atoms with Gasteiger partial charge in [-0.05, 0) is 11.1 Å². The van der Waals surface area contributed by atoms with E-state index in [0.29, 0.717) is 32.7 Å². The molecule has 35 heavy (non-hydrogen) atoms. The van der Waals surface area contributed by atoms with Crippen LogP contribution in [0.5, 0.6) is 0 Å². The lowest BCUT2D eigenvalue weighted by atomic mass is 9.77. The van der Waals surface area contributed by atoms with Crippen molar-refractivity contribution in [2.24, 2.45) is 17.1 Å². The van der Waals surface area contributed by atoms with E-state index in [2.05, 4.69) is 0 Å². The number of nitrogens with zero attached hydrogens (tertiary/aromatic N) is 2. The van der Waals surface area contributed by atoms with Crippen LogP contribution in [0.1, 0.15) is 25.0 Å². The standard InChI is InChI=1S/C27H33N3O5/c1-26(2,24(28)32)22(17-34-16-21-11-7-4-8-12-21)23(31)29-13-14-30-25(33)35-19-27(30,18-29)15-20-9-5-3-6-10-20/h3-12,22H,13-19H2,1-2H3,(H2,28,32). The molecule has 0 spiro atoms. The maximum Gasteiger partial charge on any atom is 0.410 e. The maximum atomic E-state index is 13.9. The van der Waals surface area contributed by atoms with Gasteiger partial charge in [-0.3, -0.25) is 14.5 Å². The van der Waals surface area contributed by atoms with E-state index in [1.54, 1.807) is 23.6 Å². The lowest BCUT2D eigenvalue weighted by Gasteiger charge is -2.46. The lowest BCUT2D eigenvalue weighted by molar-refractivity contribution is -0.152. The predicted molar refractivity (Wildman–Crippen MR) is 130 cm³/mol. The Morgan fingerprint density at radius 1 is 1.06 bits per heavy atom. The number of amides is 3. The molecule has 2 fully saturated rings. The summed E-state index contributed by atoms with van der Waals surface area (Å²) < 4.78 is 11.3. The second kappa shape index (κ2) is 10.1. The van der Waals surface area contributed by atoms with Crippen molar-refractivity contribution in [3.05, 3.63) is 71.8 Å². The number of benzene rings is 2. The van der Waals surface area contributed by atoms with Crippen molar-refractivity contribution in [2.45, 2.75) is 32.4 Å². The highest BCUT2D eigenvalue weighted by molar-refractivity contribution is 5.89. The van der Waals surface area contributed by atoms with E-state index in [0.717, 1.165) is 11.1 Å².